The maximum atomic E-state index is 13.7. The topological polar surface area (TPSA) is 38.5 Å². The lowest BCUT2D eigenvalue weighted by Crippen LogP contribution is -2.41. The van der Waals surface area contributed by atoms with Gasteiger partial charge in [0.1, 0.15) is 11.6 Å². The Kier molecular flexibility index (Phi) is 5.46. The minimum atomic E-state index is -0.573. The van der Waals surface area contributed by atoms with E-state index in [0.29, 0.717) is 18.0 Å². The summed E-state index contributed by atoms with van der Waals surface area (Å²) in [6, 6.07) is 3.14. The lowest BCUT2D eigenvalue weighted by molar-refractivity contribution is 0.0876. The van der Waals surface area contributed by atoms with Crippen molar-refractivity contribution in [2.24, 2.45) is 11.7 Å². The third kappa shape index (κ3) is 3.98. The van der Waals surface area contributed by atoms with Gasteiger partial charge in [0.05, 0.1) is 6.61 Å². The average molecular weight is 284 g/mol. The molecule has 2 rings (SSSR count). The molecule has 0 spiro atoms. The van der Waals surface area contributed by atoms with Crippen LogP contribution in [-0.2, 0) is 4.74 Å². The van der Waals surface area contributed by atoms with Crippen molar-refractivity contribution in [3.8, 4) is 0 Å². The molecular weight excluding hydrogens is 262 g/mol. The fraction of sp³-hybridized carbons (Fsp3) is 0.600. The van der Waals surface area contributed by atoms with Crippen LogP contribution in [0.3, 0.4) is 0 Å². The van der Waals surface area contributed by atoms with Gasteiger partial charge in [-0.15, -0.1) is 0 Å². The van der Waals surface area contributed by atoms with Gasteiger partial charge in [0.2, 0.25) is 0 Å². The molecule has 0 aromatic heterocycles. The molecule has 2 unspecified atom stereocenters. The molecule has 0 saturated carbocycles. The van der Waals surface area contributed by atoms with Crippen molar-refractivity contribution >= 4 is 0 Å². The van der Waals surface area contributed by atoms with Crippen LogP contribution in [0.5, 0.6) is 0 Å². The van der Waals surface area contributed by atoms with Crippen molar-refractivity contribution in [1.82, 2.24) is 4.90 Å². The summed E-state index contributed by atoms with van der Waals surface area (Å²) in [5.74, 6) is -0.626. The van der Waals surface area contributed by atoms with Gasteiger partial charge in [0.25, 0.3) is 0 Å². The molecule has 1 fully saturated rings. The standard InChI is InChI=1S/C15H22F2N2O/c1-20-10-11-3-2-6-19(8-11)9-15(18)13-5-4-12(16)7-14(13)17/h4-5,7,11,15H,2-3,6,8-10,18H2,1H3. The van der Waals surface area contributed by atoms with Crippen LogP contribution in [0.25, 0.3) is 0 Å². The molecule has 1 aliphatic heterocycles. The van der Waals surface area contributed by atoms with E-state index < -0.39 is 17.7 Å². The highest BCUT2D eigenvalue weighted by molar-refractivity contribution is 5.22. The molecule has 5 heteroatoms. The number of methoxy groups -OCH3 is 1. The van der Waals surface area contributed by atoms with E-state index in [-0.39, 0.29) is 0 Å². The molecule has 0 aliphatic carbocycles. The van der Waals surface area contributed by atoms with E-state index in [1.54, 1.807) is 7.11 Å². The molecule has 0 amide bonds. The molecule has 1 heterocycles. The number of nitrogens with two attached hydrogens (primary N) is 1. The van der Waals surface area contributed by atoms with Crippen molar-refractivity contribution in [2.45, 2.75) is 18.9 Å². The van der Waals surface area contributed by atoms with E-state index >= 15 is 0 Å². The Balaban J connectivity index is 1.95. The van der Waals surface area contributed by atoms with Crippen LogP contribution in [0, 0.1) is 17.6 Å². The van der Waals surface area contributed by atoms with Crippen molar-refractivity contribution in [2.75, 3.05) is 33.4 Å². The Labute approximate surface area is 118 Å². The summed E-state index contributed by atoms with van der Waals surface area (Å²) in [4.78, 5) is 2.24. The molecule has 1 saturated heterocycles. The number of halogens is 2. The number of likely N-dealkylation sites (tertiary alicyclic amines) is 1. The molecule has 2 N–H and O–H groups in total. The van der Waals surface area contributed by atoms with Crippen molar-refractivity contribution in [3.63, 3.8) is 0 Å². The zero-order valence-corrected chi connectivity index (χ0v) is 11.8. The van der Waals surface area contributed by atoms with Gasteiger partial charge in [-0.3, -0.25) is 0 Å². The highest BCUT2D eigenvalue weighted by Crippen LogP contribution is 2.21. The number of benzene rings is 1. The smallest absolute Gasteiger partial charge is 0.130 e. The predicted octanol–water partition coefficient (Wildman–Crippen LogP) is 2.32. The molecule has 1 aromatic rings. The van der Waals surface area contributed by atoms with Crippen LogP contribution in [0.2, 0.25) is 0 Å². The maximum Gasteiger partial charge on any atom is 0.130 e. The summed E-state index contributed by atoms with van der Waals surface area (Å²) >= 11 is 0. The average Bonchev–Trinajstić information content (AvgIpc) is 2.39. The predicted molar refractivity (Wildman–Crippen MR) is 74.3 cm³/mol. The molecule has 112 valence electrons. The highest BCUT2D eigenvalue weighted by Gasteiger charge is 2.22. The van der Waals surface area contributed by atoms with E-state index in [2.05, 4.69) is 4.90 Å². The number of ether oxygens (including phenoxy) is 1. The number of hydrogen-bond acceptors (Lipinski definition) is 3. The number of nitrogens with zero attached hydrogens (tertiary/aromatic N) is 1. The van der Waals surface area contributed by atoms with Gasteiger partial charge < -0.3 is 15.4 Å². The van der Waals surface area contributed by atoms with Gasteiger partial charge in [0.15, 0.2) is 0 Å². The van der Waals surface area contributed by atoms with Crippen molar-refractivity contribution < 1.29 is 13.5 Å². The first-order valence-electron chi connectivity index (χ1n) is 7.02. The number of rotatable bonds is 5. The molecule has 0 radical (unpaired) electrons. The van der Waals surface area contributed by atoms with Gasteiger partial charge in [-0.05, 0) is 31.4 Å². The van der Waals surface area contributed by atoms with Crippen molar-refractivity contribution in [3.05, 3.63) is 35.4 Å². The quantitative estimate of drug-likeness (QED) is 0.902. The largest absolute Gasteiger partial charge is 0.384 e. The van der Waals surface area contributed by atoms with Gasteiger partial charge in [-0.25, -0.2) is 8.78 Å². The Morgan fingerprint density at radius 3 is 2.95 bits per heavy atom. The normalized spacial score (nSPS) is 21.9. The Hall–Kier alpha value is -1.04. The lowest BCUT2D eigenvalue weighted by atomic mass is 9.97. The molecule has 20 heavy (non-hydrogen) atoms. The summed E-state index contributed by atoms with van der Waals surface area (Å²) < 4.78 is 31.8. The zero-order chi connectivity index (χ0) is 14.5. The fourth-order valence-electron chi connectivity index (χ4n) is 2.87. The van der Waals surface area contributed by atoms with Crippen LogP contribution in [0.1, 0.15) is 24.4 Å². The third-order valence-corrected chi connectivity index (χ3v) is 3.82. The minimum Gasteiger partial charge on any atom is -0.384 e. The first-order valence-corrected chi connectivity index (χ1v) is 7.02. The number of hydrogen-bond donors (Lipinski definition) is 1. The first kappa shape index (κ1) is 15.4. The summed E-state index contributed by atoms with van der Waals surface area (Å²) in [5.41, 5.74) is 6.44. The van der Waals surface area contributed by atoms with Crippen LogP contribution >= 0.6 is 0 Å². The SMILES string of the molecule is COCC1CCCN(CC(N)c2ccc(F)cc2F)C1. The van der Waals surface area contributed by atoms with Gasteiger partial charge in [0, 0.05) is 37.9 Å². The van der Waals surface area contributed by atoms with Gasteiger partial charge >= 0.3 is 0 Å². The van der Waals surface area contributed by atoms with E-state index in [9.17, 15) is 8.78 Å². The molecule has 1 aliphatic rings. The summed E-state index contributed by atoms with van der Waals surface area (Å²) in [6.07, 6.45) is 2.26. The maximum absolute atomic E-state index is 13.7. The molecule has 1 aromatic carbocycles. The van der Waals surface area contributed by atoms with Crippen molar-refractivity contribution in [1.29, 1.82) is 0 Å². The van der Waals surface area contributed by atoms with Crippen LogP contribution in [-0.4, -0.2) is 38.3 Å². The third-order valence-electron chi connectivity index (χ3n) is 3.82. The Bertz CT molecular complexity index is 440. The Morgan fingerprint density at radius 1 is 1.45 bits per heavy atom. The van der Waals surface area contributed by atoms with E-state index in [1.807, 2.05) is 0 Å². The second-order valence-corrected chi connectivity index (χ2v) is 5.50. The molecule has 2 atom stereocenters. The lowest BCUT2D eigenvalue weighted by Gasteiger charge is -2.34. The van der Waals surface area contributed by atoms with E-state index in [0.717, 1.165) is 38.6 Å². The minimum absolute atomic E-state index is 0.375. The highest BCUT2D eigenvalue weighted by atomic mass is 19.1. The molecular formula is C15H22F2N2O. The molecule has 3 nitrogen and oxygen atoms in total. The second-order valence-electron chi connectivity index (χ2n) is 5.50. The van der Waals surface area contributed by atoms with E-state index in [4.69, 9.17) is 10.5 Å². The first-order chi connectivity index (χ1) is 9.60. The fourth-order valence-corrected chi connectivity index (χ4v) is 2.87. The van der Waals surface area contributed by atoms with Gasteiger partial charge in [-0.2, -0.15) is 0 Å². The van der Waals surface area contributed by atoms with Crippen LogP contribution in [0.15, 0.2) is 18.2 Å². The zero-order valence-electron chi connectivity index (χ0n) is 11.8. The number of piperidine rings is 1. The molecule has 0 bridgehead atoms. The monoisotopic (exact) mass is 284 g/mol. The second kappa shape index (κ2) is 7.11. The summed E-state index contributed by atoms with van der Waals surface area (Å²) in [5, 5.41) is 0. The van der Waals surface area contributed by atoms with Crippen LogP contribution < -0.4 is 5.73 Å². The summed E-state index contributed by atoms with van der Waals surface area (Å²) in [6.45, 7) is 3.22. The van der Waals surface area contributed by atoms with Gasteiger partial charge in [-0.1, -0.05) is 6.07 Å². The summed E-state index contributed by atoms with van der Waals surface area (Å²) in [7, 11) is 1.71. The Morgan fingerprint density at radius 2 is 2.25 bits per heavy atom. The van der Waals surface area contributed by atoms with Crippen LogP contribution in [0.4, 0.5) is 8.78 Å². The van der Waals surface area contributed by atoms with E-state index in [1.165, 1.54) is 12.1 Å².